The molecule has 0 amide bonds. The maximum atomic E-state index is 9.42. The fourth-order valence-corrected chi connectivity index (χ4v) is 3.16. The van der Waals surface area contributed by atoms with Gasteiger partial charge in [-0.1, -0.05) is 56.5 Å². The van der Waals surface area contributed by atoms with E-state index in [9.17, 15) is 5.26 Å². The van der Waals surface area contributed by atoms with Crippen molar-refractivity contribution in [2.24, 2.45) is 5.92 Å². The van der Waals surface area contributed by atoms with Crippen molar-refractivity contribution in [1.82, 2.24) is 4.90 Å². The van der Waals surface area contributed by atoms with Crippen LogP contribution in [0.2, 0.25) is 0 Å². The number of nitriles is 1. The first-order valence-electron chi connectivity index (χ1n) is 7.52. The SMILES string of the molecule is CCN(Cc1ccccc1)C1CCCCCC1C#N. The largest absolute Gasteiger partial charge is 0.295 e. The Balaban J connectivity index is 2.08. The molecule has 0 radical (unpaired) electrons. The van der Waals surface area contributed by atoms with Gasteiger partial charge in [0.1, 0.15) is 0 Å². The summed E-state index contributed by atoms with van der Waals surface area (Å²) in [6, 6.07) is 13.6. The van der Waals surface area contributed by atoms with Gasteiger partial charge in [0.15, 0.2) is 0 Å². The van der Waals surface area contributed by atoms with Gasteiger partial charge in [-0.2, -0.15) is 5.26 Å². The smallest absolute Gasteiger partial charge is 0.0672 e. The molecule has 0 heterocycles. The van der Waals surface area contributed by atoms with E-state index in [2.05, 4.69) is 48.2 Å². The Hall–Kier alpha value is -1.33. The molecule has 0 aliphatic heterocycles. The molecule has 0 aromatic heterocycles. The average molecular weight is 256 g/mol. The number of hydrogen-bond acceptors (Lipinski definition) is 2. The molecule has 1 aliphatic carbocycles. The van der Waals surface area contributed by atoms with Crippen LogP contribution >= 0.6 is 0 Å². The van der Waals surface area contributed by atoms with E-state index in [-0.39, 0.29) is 5.92 Å². The summed E-state index contributed by atoms with van der Waals surface area (Å²) < 4.78 is 0. The summed E-state index contributed by atoms with van der Waals surface area (Å²) in [5, 5.41) is 9.42. The topological polar surface area (TPSA) is 27.0 Å². The Kier molecular flexibility index (Phi) is 5.42. The summed E-state index contributed by atoms with van der Waals surface area (Å²) in [6.07, 6.45) is 6.04. The third-order valence-electron chi connectivity index (χ3n) is 4.25. The number of hydrogen-bond donors (Lipinski definition) is 0. The Labute approximate surface area is 117 Å². The van der Waals surface area contributed by atoms with E-state index < -0.39 is 0 Å². The number of nitrogens with zero attached hydrogens (tertiary/aromatic N) is 2. The summed E-state index contributed by atoms with van der Waals surface area (Å²) in [5.41, 5.74) is 1.35. The van der Waals surface area contributed by atoms with Crippen molar-refractivity contribution in [3.63, 3.8) is 0 Å². The van der Waals surface area contributed by atoms with Gasteiger partial charge in [-0.3, -0.25) is 4.90 Å². The zero-order chi connectivity index (χ0) is 13.5. The van der Waals surface area contributed by atoms with Gasteiger partial charge < -0.3 is 0 Å². The first kappa shape index (κ1) is 14.1. The van der Waals surface area contributed by atoms with Gasteiger partial charge in [0.25, 0.3) is 0 Å². The highest BCUT2D eigenvalue weighted by Crippen LogP contribution is 2.28. The molecule has 1 fully saturated rings. The summed E-state index contributed by atoms with van der Waals surface area (Å²) in [6.45, 7) is 4.21. The quantitative estimate of drug-likeness (QED) is 0.762. The van der Waals surface area contributed by atoms with Crippen molar-refractivity contribution in [3.05, 3.63) is 35.9 Å². The molecule has 1 saturated carbocycles. The first-order valence-corrected chi connectivity index (χ1v) is 7.52. The molecule has 1 aromatic carbocycles. The Morgan fingerprint density at radius 1 is 1.16 bits per heavy atom. The molecule has 2 heteroatoms. The average Bonchev–Trinajstić information content (AvgIpc) is 2.71. The van der Waals surface area contributed by atoms with Gasteiger partial charge in [-0.25, -0.2) is 0 Å². The van der Waals surface area contributed by atoms with Crippen LogP contribution in [-0.2, 0) is 6.54 Å². The van der Waals surface area contributed by atoms with E-state index in [1.54, 1.807) is 0 Å². The zero-order valence-electron chi connectivity index (χ0n) is 11.9. The molecule has 2 nitrogen and oxygen atoms in total. The van der Waals surface area contributed by atoms with Crippen molar-refractivity contribution < 1.29 is 0 Å². The molecule has 2 unspecified atom stereocenters. The number of benzene rings is 1. The molecule has 1 aromatic rings. The first-order chi connectivity index (χ1) is 9.35. The second kappa shape index (κ2) is 7.31. The fraction of sp³-hybridized carbons (Fsp3) is 0.588. The monoisotopic (exact) mass is 256 g/mol. The predicted octanol–water partition coefficient (Wildman–Crippen LogP) is 3.98. The van der Waals surface area contributed by atoms with Gasteiger partial charge in [-0.05, 0) is 24.9 Å². The zero-order valence-corrected chi connectivity index (χ0v) is 11.9. The van der Waals surface area contributed by atoms with Crippen LogP contribution in [0.4, 0.5) is 0 Å². The van der Waals surface area contributed by atoms with Crippen molar-refractivity contribution >= 4 is 0 Å². The summed E-state index contributed by atoms with van der Waals surface area (Å²) in [4.78, 5) is 2.49. The van der Waals surface area contributed by atoms with Crippen molar-refractivity contribution in [1.29, 1.82) is 5.26 Å². The lowest BCUT2D eigenvalue weighted by Gasteiger charge is -2.32. The lowest BCUT2D eigenvalue weighted by molar-refractivity contribution is 0.153. The van der Waals surface area contributed by atoms with Gasteiger partial charge in [0.2, 0.25) is 0 Å². The van der Waals surface area contributed by atoms with Gasteiger partial charge in [0.05, 0.1) is 12.0 Å². The van der Waals surface area contributed by atoms with Crippen LogP contribution in [0.15, 0.2) is 30.3 Å². The molecule has 19 heavy (non-hydrogen) atoms. The minimum atomic E-state index is 0.214. The lowest BCUT2D eigenvalue weighted by atomic mass is 9.94. The van der Waals surface area contributed by atoms with E-state index in [0.29, 0.717) is 6.04 Å². The van der Waals surface area contributed by atoms with E-state index in [0.717, 1.165) is 19.5 Å². The van der Waals surface area contributed by atoms with Gasteiger partial charge in [0, 0.05) is 12.6 Å². The third-order valence-corrected chi connectivity index (χ3v) is 4.25. The minimum Gasteiger partial charge on any atom is -0.295 e. The molecule has 0 bridgehead atoms. The Bertz CT molecular complexity index is 407. The molecule has 0 saturated heterocycles. The van der Waals surface area contributed by atoms with Crippen LogP contribution in [0, 0.1) is 17.2 Å². The Morgan fingerprint density at radius 2 is 1.89 bits per heavy atom. The highest BCUT2D eigenvalue weighted by atomic mass is 15.2. The van der Waals surface area contributed by atoms with Crippen LogP contribution < -0.4 is 0 Å². The molecule has 1 aliphatic rings. The van der Waals surface area contributed by atoms with E-state index in [1.165, 1.54) is 31.2 Å². The van der Waals surface area contributed by atoms with Crippen LogP contribution in [0.25, 0.3) is 0 Å². The molecular weight excluding hydrogens is 232 g/mol. The van der Waals surface area contributed by atoms with Gasteiger partial charge in [-0.15, -0.1) is 0 Å². The van der Waals surface area contributed by atoms with Crippen molar-refractivity contribution in [3.8, 4) is 6.07 Å². The normalized spacial score (nSPS) is 23.8. The molecule has 0 spiro atoms. The molecule has 0 N–H and O–H groups in total. The van der Waals surface area contributed by atoms with E-state index in [1.807, 2.05) is 0 Å². The van der Waals surface area contributed by atoms with E-state index in [4.69, 9.17) is 0 Å². The highest BCUT2D eigenvalue weighted by Gasteiger charge is 2.28. The lowest BCUT2D eigenvalue weighted by Crippen LogP contribution is -2.39. The maximum Gasteiger partial charge on any atom is 0.0672 e. The van der Waals surface area contributed by atoms with Crippen LogP contribution in [-0.4, -0.2) is 17.5 Å². The summed E-state index contributed by atoms with van der Waals surface area (Å²) in [7, 11) is 0. The molecule has 2 atom stereocenters. The molecule has 2 rings (SSSR count). The second-order valence-electron chi connectivity index (χ2n) is 5.49. The molecule has 102 valence electrons. The third kappa shape index (κ3) is 3.81. The summed E-state index contributed by atoms with van der Waals surface area (Å²) in [5.74, 6) is 0.214. The molecular formula is C17H24N2. The minimum absolute atomic E-state index is 0.214. The second-order valence-corrected chi connectivity index (χ2v) is 5.49. The van der Waals surface area contributed by atoms with Gasteiger partial charge >= 0.3 is 0 Å². The standard InChI is InChI=1S/C17H24N2/c1-2-19(14-15-9-5-3-6-10-15)17-12-8-4-7-11-16(17)13-18/h3,5-6,9-10,16-17H,2,4,7-8,11-12,14H2,1H3. The maximum absolute atomic E-state index is 9.42. The fourth-order valence-electron chi connectivity index (χ4n) is 3.16. The van der Waals surface area contributed by atoms with Crippen LogP contribution in [0.3, 0.4) is 0 Å². The van der Waals surface area contributed by atoms with Crippen molar-refractivity contribution in [2.45, 2.75) is 51.6 Å². The number of rotatable bonds is 4. The predicted molar refractivity (Wildman–Crippen MR) is 78.5 cm³/mol. The van der Waals surface area contributed by atoms with Crippen LogP contribution in [0.1, 0.15) is 44.6 Å². The Morgan fingerprint density at radius 3 is 2.58 bits per heavy atom. The van der Waals surface area contributed by atoms with Crippen LogP contribution in [0.5, 0.6) is 0 Å². The van der Waals surface area contributed by atoms with E-state index >= 15 is 0 Å². The highest BCUT2D eigenvalue weighted by molar-refractivity contribution is 5.14. The summed E-state index contributed by atoms with van der Waals surface area (Å²) >= 11 is 0. The van der Waals surface area contributed by atoms with Crippen molar-refractivity contribution in [2.75, 3.05) is 6.54 Å².